The van der Waals surface area contributed by atoms with E-state index in [1.54, 1.807) is 24.3 Å². The Morgan fingerprint density at radius 2 is 1.94 bits per heavy atom. The van der Waals surface area contributed by atoms with Crippen molar-refractivity contribution in [2.24, 2.45) is 0 Å². The zero-order valence-electron chi connectivity index (χ0n) is 10.1. The zero-order chi connectivity index (χ0) is 13.0. The van der Waals surface area contributed by atoms with Crippen LogP contribution in [0.3, 0.4) is 0 Å². The topological polar surface area (TPSA) is 73.1 Å². The average molecular weight is 244 g/mol. The minimum Gasteiger partial charge on any atom is -0.393 e. The third kappa shape index (κ3) is 2.88. The quantitative estimate of drug-likeness (QED) is 0.829. The minimum absolute atomic E-state index is 0.104. The summed E-state index contributed by atoms with van der Waals surface area (Å²) < 4.78 is 0. The van der Waals surface area contributed by atoms with Gasteiger partial charge in [0, 0.05) is 6.04 Å². The van der Waals surface area contributed by atoms with E-state index in [-0.39, 0.29) is 18.1 Å². The van der Waals surface area contributed by atoms with Gasteiger partial charge in [0.25, 0.3) is 5.91 Å². The molecule has 1 aliphatic carbocycles. The second-order valence-corrected chi connectivity index (χ2v) is 4.64. The van der Waals surface area contributed by atoms with E-state index in [1.165, 1.54) is 0 Å². The molecule has 2 N–H and O–H groups in total. The lowest BCUT2D eigenvalue weighted by molar-refractivity contribution is 0.0867. The van der Waals surface area contributed by atoms with Crippen molar-refractivity contribution >= 4 is 5.91 Å². The molecule has 0 atom stereocenters. The number of rotatable bonds is 2. The van der Waals surface area contributed by atoms with Crippen LogP contribution in [0.1, 0.15) is 41.6 Å². The molecule has 2 rings (SSSR count). The van der Waals surface area contributed by atoms with Crippen LogP contribution in [0.2, 0.25) is 0 Å². The highest BCUT2D eigenvalue weighted by Gasteiger charge is 2.21. The normalized spacial score (nSPS) is 23.1. The van der Waals surface area contributed by atoms with Crippen LogP contribution in [-0.2, 0) is 0 Å². The lowest BCUT2D eigenvalue weighted by atomic mass is 9.93. The molecule has 4 heteroatoms. The molecule has 1 fully saturated rings. The second-order valence-electron chi connectivity index (χ2n) is 4.64. The van der Waals surface area contributed by atoms with Gasteiger partial charge in [0.15, 0.2) is 0 Å². The molecule has 4 nitrogen and oxygen atoms in total. The summed E-state index contributed by atoms with van der Waals surface area (Å²) in [6.45, 7) is 0. The number of hydrogen-bond donors (Lipinski definition) is 2. The molecule has 0 bridgehead atoms. The summed E-state index contributed by atoms with van der Waals surface area (Å²) in [5, 5.41) is 21.3. The van der Waals surface area contributed by atoms with Crippen molar-refractivity contribution < 1.29 is 9.90 Å². The highest BCUT2D eigenvalue weighted by atomic mass is 16.3. The van der Waals surface area contributed by atoms with Gasteiger partial charge >= 0.3 is 0 Å². The maximum Gasteiger partial charge on any atom is 0.252 e. The zero-order valence-corrected chi connectivity index (χ0v) is 10.1. The van der Waals surface area contributed by atoms with Gasteiger partial charge in [-0.05, 0) is 37.8 Å². The van der Waals surface area contributed by atoms with Crippen LogP contribution in [-0.4, -0.2) is 23.2 Å². The highest BCUT2D eigenvalue weighted by molar-refractivity contribution is 5.96. The number of amides is 1. The average Bonchev–Trinajstić information content (AvgIpc) is 2.41. The monoisotopic (exact) mass is 244 g/mol. The molecule has 0 unspecified atom stereocenters. The first kappa shape index (κ1) is 12.6. The predicted molar refractivity (Wildman–Crippen MR) is 66.9 cm³/mol. The molecule has 1 aromatic rings. The van der Waals surface area contributed by atoms with E-state index < -0.39 is 0 Å². The van der Waals surface area contributed by atoms with Gasteiger partial charge in [0.1, 0.15) is 0 Å². The Hall–Kier alpha value is -1.86. The smallest absolute Gasteiger partial charge is 0.252 e. The van der Waals surface area contributed by atoms with Gasteiger partial charge in [0.05, 0.1) is 23.3 Å². The molecule has 0 heterocycles. The van der Waals surface area contributed by atoms with Gasteiger partial charge in [-0.25, -0.2) is 0 Å². The van der Waals surface area contributed by atoms with Crippen LogP contribution in [0.15, 0.2) is 24.3 Å². The largest absolute Gasteiger partial charge is 0.393 e. The van der Waals surface area contributed by atoms with Crippen LogP contribution >= 0.6 is 0 Å². The number of carbonyl (C=O) groups excluding carboxylic acids is 1. The molecule has 0 aromatic heterocycles. The van der Waals surface area contributed by atoms with Crippen LogP contribution < -0.4 is 5.32 Å². The molecule has 1 aliphatic rings. The predicted octanol–water partition coefficient (Wildman–Crippen LogP) is 1.59. The minimum atomic E-state index is -0.232. The van der Waals surface area contributed by atoms with Crippen LogP contribution in [0, 0.1) is 11.3 Å². The number of hydrogen-bond acceptors (Lipinski definition) is 3. The molecule has 1 saturated carbocycles. The van der Waals surface area contributed by atoms with Crippen LogP contribution in [0.5, 0.6) is 0 Å². The van der Waals surface area contributed by atoms with Crippen molar-refractivity contribution in [2.75, 3.05) is 0 Å². The Morgan fingerprint density at radius 3 is 2.61 bits per heavy atom. The molecule has 0 radical (unpaired) electrons. The van der Waals surface area contributed by atoms with Crippen molar-refractivity contribution in [3.8, 4) is 6.07 Å². The fourth-order valence-corrected chi connectivity index (χ4v) is 2.26. The van der Waals surface area contributed by atoms with Gasteiger partial charge in [-0.1, -0.05) is 12.1 Å². The summed E-state index contributed by atoms with van der Waals surface area (Å²) in [6, 6.07) is 8.91. The maximum absolute atomic E-state index is 12.0. The lowest BCUT2D eigenvalue weighted by Gasteiger charge is -2.26. The Morgan fingerprint density at radius 1 is 1.28 bits per heavy atom. The van der Waals surface area contributed by atoms with Gasteiger partial charge < -0.3 is 10.4 Å². The number of nitrogens with one attached hydrogen (secondary N) is 1. The second kappa shape index (κ2) is 5.65. The Bertz CT molecular complexity index is 471. The number of aliphatic hydroxyl groups excluding tert-OH is 1. The van der Waals surface area contributed by atoms with E-state index in [0.29, 0.717) is 11.1 Å². The molecular formula is C14H16N2O2. The number of nitrogens with zero attached hydrogens (tertiary/aromatic N) is 1. The van der Waals surface area contributed by atoms with Gasteiger partial charge in [-0.15, -0.1) is 0 Å². The van der Waals surface area contributed by atoms with Crippen molar-refractivity contribution in [2.45, 2.75) is 37.8 Å². The van der Waals surface area contributed by atoms with Crippen molar-refractivity contribution in [1.29, 1.82) is 5.26 Å². The number of aliphatic hydroxyl groups is 1. The Balaban J connectivity index is 2.02. The van der Waals surface area contributed by atoms with Crippen molar-refractivity contribution in [3.05, 3.63) is 35.4 Å². The van der Waals surface area contributed by atoms with Crippen molar-refractivity contribution in [1.82, 2.24) is 5.32 Å². The van der Waals surface area contributed by atoms with Crippen LogP contribution in [0.4, 0.5) is 0 Å². The summed E-state index contributed by atoms with van der Waals surface area (Å²) in [4.78, 5) is 12.0. The summed E-state index contributed by atoms with van der Waals surface area (Å²) in [6.07, 6.45) is 2.81. The molecule has 1 aromatic carbocycles. The van der Waals surface area contributed by atoms with E-state index in [4.69, 9.17) is 5.26 Å². The maximum atomic E-state index is 12.0. The fraction of sp³-hybridized carbons (Fsp3) is 0.429. The fourth-order valence-electron chi connectivity index (χ4n) is 2.26. The van der Waals surface area contributed by atoms with E-state index in [9.17, 15) is 9.90 Å². The summed E-state index contributed by atoms with van der Waals surface area (Å²) in [7, 11) is 0. The summed E-state index contributed by atoms with van der Waals surface area (Å²) in [5.74, 6) is -0.200. The van der Waals surface area contributed by atoms with E-state index in [2.05, 4.69) is 5.32 Å². The first-order chi connectivity index (χ1) is 8.70. The number of benzene rings is 1. The van der Waals surface area contributed by atoms with E-state index in [0.717, 1.165) is 25.7 Å². The SMILES string of the molecule is N#Cc1ccccc1C(=O)NC1CCC(O)CC1. The van der Waals surface area contributed by atoms with E-state index >= 15 is 0 Å². The summed E-state index contributed by atoms with van der Waals surface area (Å²) >= 11 is 0. The Labute approximate surface area is 106 Å². The van der Waals surface area contributed by atoms with Gasteiger partial charge in [-0.3, -0.25) is 4.79 Å². The molecular weight excluding hydrogens is 228 g/mol. The molecule has 0 saturated heterocycles. The number of nitriles is 1. The summed E-state index contributed by atoms with van der Waals surface area (Å²) in [5.41, 5.74) is 0.817. The van der Waals surface area contributed by atoms with Gasteiger partial charge in [0.2, 0.25) is 0 Å². The molecule has 0 aliphatic heterocycles. The molecule has 94 valence electrons. The lowest BCUT2D eigenvalue weighted by Crippen LogP contribution is -2.38. The first-order valence-corrected chi connectivity index (χ1v) is 6.18. The molecule has 1 amide bonds. The Kier molecular flexibility index (Phi) is 3.96. The number of carbonyl (C=O) groups is 1. The third-order valence-electron chi connectivity index (χ3n) is 3.32. The highest BCUT2D eigenvalue weighted by Crippen LogP contribution is 2.19. The van der Waals surface area contributed by atoms with Crippen LogP contribution in [0.25, 0.3) is 0 Å². The van der Waals surface area contributed by atoms with Crippen molar-refractivity contribution in [3.63, 3.8) is 0 Å². The van der Waals surface area contributed by atoms with Gasteiger partial charge in [-0.2, -0.15) is 5.26 Å². The first-order valence-electron chi connectivity index (χ1n) is 6.18. The molecule has 18 heavy (non-hydrogen) atoms. The van der Waals surface area contributed by atoms with E-state index in [1.807, 2.05) is 6.07 Å². The third-order valence-corrected chi connectivity index (χ3v) is 3.32. The standard InChI is InChI=1S/C14H16N2O2/c15-9-10-3-1-2-4-13(10)14(18)16-11-5-7-12(17)8-6-11/h1-4,11-12,17H,5-8H2,(H,16,18). The molecule has 0 spiro atoms.